The van der Waals surface area contributed by atoms with Crippen LogP contribution >= 0.6 is 0 Å². The summed E-state index contributed by atoms with van der Waals surface area (Å²) in [5.41, 5.74) is 3.28. The Bertz CT molecular complexity index is 459. The highest BCUT2D eigenvalue weighted by Crippen LogP contribution is 2.19. The zero-order chi connectivity index (χ0) is 11.5. The second-order valence-electron chi connectivity index (χ2n) is 3.83. The van der Waals surface area contributed by atoms with Crippen LogP contribution in [0.25, 0.3) is 5.57 Å². The Kier molecular flexibility index (Phi) is 2.95. The molecule has 1 aromatic heterocycles. The van der Waals surface area contributed by atoms with Gasteiger partial charge in [-0.3, -0.25) is 0 Å². The molecule has 0 atom stereocenters. The predicted octanol–water partition coefficient (Wildman–Crippen LogP) is 2.90. The van der Waals surface area contributed by atoms with Gasteiger partial charge in [-0.1, -0.05) is 6.08 Å². The minimum Gasteiger partial charge on any atom is -0.497 e. The average molecular weight is 216 g/mol. The maximum absolute atomic E-state index is 5.19. The van der Waals surface area contributed by atoms with Crippen molar-refractivity contribution in [2.75, 3.05) is 7.11 Å². The molecule has 1 aliphatic carbocycles. The molecule has 0 bridgehead atoms. The molecule has 1 aromatic rings. The SMILES string of the molecule is COC1=CCC=C(c2nc(C)c(C)[nH]2)C=C1. The zero-order valence-corrected chi connectivity index (χ0v) is 9.87. The Morgan fingerprint density at radius 1 is 1.25 bits per heavy atom. The van der Waals surface area contributed by atoms with Gasteiger partial charge in [0.15, 0.2) is 0 Å². The smallest absolute Gasteiger partial charge is 0.137 e. The van der Waals surface area contributed by atoms with Gasteiger partial charge in [0.2, 0.25) is 0 Å². The van der Waals surface area contributed by atoms with Gasteiger partial charge < -0.3 is 9.72 Å². The van der Waals surface area contributed by atoms with E-state index in [4.69, 9.17) is 4.74 Å². The molecule has 0 spiro atoms. The van der Waals surface area contributed by atoms with Gasteiger partial charge in [0.05, 0.1) is 12.8 Å². The fourth-order valence-electron chi connectivity index (χ4n) is 1.62. The van der Waals surface area contributed by atoms with Crippen LogP contribution in [0.15, 0.2) is 30.1 Å². The van der Waals surface area contributed by atoms with E-state index in [9.17, 15) is 0 Å². The molecular weight excluding hydrogens is 200 g/mol. The van der Waals surface area contributed by atoms with Crippen molar-refractivity contribution in [3.8, 4) is 0 Å². The number of methoxy groups -OCH3 is 1. The molecule has 0 aromatic carbocycles. The first-order valence-electron chi connectivity index (χ1n) is 5.36. The van der Waals surface area contributed by atoms with E-state index < -0.39 is 0 Å². The maximum Gasteiger partial charge on any atom is 0.137 e. The van der Waals surface area contributed by atoms with Crippen molar-refractivity contribution >= 4 is 5.57 Å². The summed E-state index contributed by atoms with van der Waals surface area (Å²) in [5.74, 6) is 1.82. The van der Waals surface area contributed by atoms with Crippen molar-refractivity contribution in [2.45, 2.75) is 20.3 Å². The summed E-state index contributed by atoms with van der Waals surface area (Å²) in [6.45, 7) is 4.04. The van der Waals surface area contributed by atoms with Gasteiger partial charge in [-0.05, 0) is 38.5 Å². The van der Waals surface area contributed by atoms with Crippen LogP contribution in [0.1, 0.15) is 23.6 Å². The first kappa shape index (κ1) is 10.7. The van der Waals surface area contributed by atoms with Crippen LogP contribution in [-0.2, 0) is 4.74 Å². The van der Waals surface area contributed by atoms with Gasteiger partial charge in [0.25, 0.3) is 0 Å². The summed E-state index contributed by atoms with van der Waals surface area (Å²) in [5, 5.41) is 0. The molecule has 3 nitrogen and oxygen atoms in total. The zero-order valence-electron chi connectivity index (χ0n) is 9.87. The lowest BCUT2D eigenvalue weighted by atomic mass is 10.2. The van der Waals surface area contributed by atoms with Crippen LogP contribution in [0.5, 0.6) is 0 Å². The maximum atomic E-state index is 5.19. The monoisotopic (exact) mass is 216 g/mol. The number of ether oxygens (including phenoxy) is 1. The quantitative estimate of drug-likeness (QED) is 0.825. The summed E-state index contributed by atoms with van der Waals surface area (Å²) in [6.07, 6.45) is 9.04. The Hall–Kier alpha value is -1.77. The number of nitrogens with one attached hydrogen (secondary N) is 1. The van der Waals surface area contributed by atoms with Gasteiger partial charge in [0, 0.05) is 11.3 Å². The van der Waals surface area contributed by atoms with E-state index in [0.717, 1.165) is 35.0 Å². The number of allylic oxidation sites excluding steroid dienone is 5. The number of hydrogen-bond donors (Lipinski definition) is 1. The van der Waals surface area contributed by atoms with E-state index >= 15 is 0 Å². The van der Waals surface area contributed by atoms with Crippen molar-refractivity contribution in [1.82, 2.24) is 9.97 Å². The van der Waals surface area contributed by atoms with E-state index in [1.54, 1.807) is 7.11 Å². The Balaban J connectivity index is 2.27. The van der Waals surface area contributed by atoms with Crippen molar-refractivity contribution in [2.24, 2.45) is 0 Å². The van der Waals surface area contributed by atoms with E-state index in [0.29, 0.717) is 0 Å². The van der Waals surface area contributed by atoms with Crippen LogP contribution in [0, 0.1) is 13.8 Å². The van der Waals surface area contributed by atoms with Gasteiger partial charge in [-0.25, -0.2) is 4.98 Å². The third-order valence-corrected chi connectivity index (χ3v) is 2.72. The molecule has 0 saturated carbocycles. The number of hydrogen-bond acceptors (Lipinski definition) is 2. The number of H-pyrrole nitrogens is 1. The topological polar surface area (TPSA) is 37.9 Å². The van der Waals surface area contributed by atoms with Gasteiger partial charge in [0.1, 0.15) is 11.6 Å². The second-order valence-corrected chi connectivity index (χ2v) is 3.83. The van der Waals surface area contributed by atoms with Crippen molar-refractivity contribution in [3.63, 3.8) is 0 Å². The van der Waals surface area contributed by atoms with Crippen molar-refractivity contribution in [3.05, 3.63) is 47.3 Å². The molecule has 1 N–H and O–H groups in total. The highest BCUT2D eigenvalue weighted by Gasteiger charge is 2.07. The number of rotatable bonds is 2. The van der Waals surface area contributed by atoms with E-state index in [-0.39, 0.29) is 0 Å². The minimum atomic E-state index is 0.865. The molecule has 0 aliphatic heterocycles. The Labute approximate surface area is 95.5 Å². The highest BCUT2D eigenvalue weighted by molar-refractivity contribution is 5.71. The number of imidazole rings is 1. The largest absolute Gasteiger partial charge is 0.497 e. The van der Waals surface area contributed by atoms with Gasteiger partial charge in [-0.2, -0.15) is 0 Å². The average Bonchev–Trinajstić information content (AvgIpc) is 2.53. The van der Waals surface area contributed by atoms with Crippen LogP contribution in [0.4, 0.5) is 0 Å². The van der Waals surface area contributed by atoms with Crippen LogP contribution in [0.3, 0.4) is 0 Å². The molecule has 1 heterocycles. The number of nitrogens with zero attached hydrogens (tertiary/aromatic N) is 1. The lowest BCUT2D eigenvalue weighted by Crippen LogP contribution is -1.84. The summed E-state index contributed by atoms with van der Waals surface area (Å²) < 4.78 is 5.19. The van der Waals surface area contributed by atoms with Gasteiger partial charge in [-0.15, -0.1) is 0 Å². The summed E-state index contributed by atoms with van der Waals surface area (Å²) >= 11 is 0. The van der Waals surface area contributed by atoms with Crippen LogP contribution in [0.2, 0.25) is 0 Å². The van der Waals surface area contributed by atoms with Gasteiger partial charge >= 0.3 is 0 Å². The van der Waals surface area contributed by atoms with Crippen molar-refractivity contribution in [1.29, 1.82) is 0 Å². The van der Waals surface area contributed by atoms with Crippen molar-refractivity contribution < 1.29 is 4.74 Å². The molecule has 0 unspecified atom stereocenters. The van der Waals surface area contributed by atoms with E-state index in [2.05, 4.69) is 16.0 Å². The fraction of sp³-hybridized carbons (Fsp3) is 0.308. The molecule has 84 valence electrons. The first-order valence-corrected chi connectivity index (χ1v) is 5.36. The molecule has 0 radical (unpaired) electrons. The second kappa shape index (κ2) is 4.39. The van der Waals surface area contributed by atoms with E-state index in [1.807, 2.05) is 32.1 Å². The first-order chi connectivity index (χ1) is 7.70. The fourth-order valence-corrected chi connectivity index (χ4v) is 1.62. The number of aromatic amines is 1. The third-order valence-electron chi connectivity index (χ3n) is 2.72. The lowest BCUT2D eigenvalue weighted by Gasteiger charge is -1.96. The highest BCUT2D eigenvalue weighted by atomic mass is 16.5. The van der Waals surface area contributed by atoms with E-state index in [1.165, 1.54) is 0 Å². The predicted molar refractivity (Wildman–Crippen MR) is 64.9 cm³/mol. The normalized spacial score (nSPS) is 15.4. The minimum absolute atomic E-state index is 0.865. The van der Waals surface area contributed by atoms with Crippen LogP contribution < -0.4 is 0 Å². The molecule has 3 heteroatoms. The summed E-state index contributed by atoms with van der Waals surface area (Å²) in [6, 6.07) is 0. The number of aromatic nitrogens is 2. The standard InChI is InChI=1S/C13H16N2O/c1-9-10(2)15-13(14-9)11-5-4-6-12(16-3)8-7-11/h5-8H,4H2,1-3H3,(H,14,15). The summed E-state index contributed by atoms with van der Waals surface area (Å²) in [7, 11) is 1.68. The number of aryl methyl sites for hydroxylation is 2. The Morgan fingerprint density at radius 2 is 2.06 bits per heavy atom. The molecular formula is C13H16N2O. The molecule has 0 fully saturated rings. The lowest BCUT2D eigenvalue weighted by molar-refractivity contribution is 0.306. The third kappa shape index (κ3) is 2.08. The van der Waals surface area contributed by atoms with Crippen LogP contribution in [-0.4, -0.2) is 17.1 Å². The molecule has 16 heavy (non-hydrogen) atoms. The summed E-state index contributed by atoms with van der Waals surface area (Å²) in [4.78, 5) is 7.77. The molecule has 2 rings (SSSR count). The Morgan fingerprint density at radius 3 is 2.69 bits per heavy atom. The molecule has 1 aliphatic rings. The molecule has 0 saturated heterocycles. The molecule has 0 amide bonds.